The minimum atomic E-state index is -0.475. The Morgan fingerprint density at radius 3 is 2.64 bits per heavy atom. The van der Waals surface area contributed by atoms with Crippen molar-refractivity contribution in [2.75, 3.05) is 5.33 Å². The summed E-state index contributed by atoms with van der Waals surface area (Å²) in [7, 11) is 0. The molecule has 4 nitrogen and oxygen atoms in total. The van der Waals surface area contributed by atoms with E-state index in [1.807, 2.05) is 12.2 Å². The fourth-order valence-corrected chi connectivity index (χ4v) is 3.52. The molecule has 0 radical (unpaired) electrons. The summed E-state index contributed by atoms with van der Waals surface area (Å²) < 4.78 is 5.58. The summed E-state index contributed by atoms with van der Waals surface area (Å²) in [6.07, 6.45) is 12.4. The molecule has 2 aliphatic rings. The highest BCUT2D eigenvalue weighted by molar-refractivity contribution is 9.09. The molecule has 124 valence electrons. The van der Waals surface area contributed by atoms with Crippen LogP contribution in [-0.4, -0.2) is 29.4 Å². The molecule has 1 unspecified atom stereocenters. The van der Waals surface area contributed by atoms with E-state index in [9.17, 15) is 9.59 Å². The maximum Gasteiger partial charge on any atom is 0.329 e. The van der Waals surface area contributed by atoms with Gasteiger partial charge in [0.2, 0.25) is 5.91 Å². The molecule has 0 saturated heterocycles. The van der Waals surface area contributed by atoms with E-state index in [1.54, 1.807) is 0 Å². The molecule has 0 heterocycles. The van der Waals surface area contributed by atoms with Gasteiger partial charge >= 0.3 is 5.97 Å². The quantitative estimate of drug-likeness (QED) is 0.423. The summed E-state index contributed by atoms with van der Waals surface area (Å²) in [5.74, 6) is -0.0795. The fourth-order valence-electron chi connectivity index (χ4n) is 3.24. The molecule has 0 spiro atoms. The third-order valence-corrected chi connectivity index (χ3v) is 5.03. The second-order valence-corrected chi connectivity index (χ2v) is 7.01. The Morgan fingerprint density at radius 2 is 2.00 bits per heavy atom. The first-order chi connectivity index (χ1) is 10.7. The number of hydrogen-bond donors (Lipinski definition) is 1. The lowest BCUT2D eigenvalue weighted by Gasteiger charge is -2.30. The van der Waals surface area contributed by atoms with Crippen molar-refractivity contribution in [2.24, 2.45) is 5.92 Å². The number of alkyl halides is 1. The highest BCUT2D eigenvalue weighted by Gasteiger charge is 2.33. The number of amides is 1. The van der Waals surface area contributed by atoms with Crippen molar-refractivity contribution in [3.05, 3.63) is 12.2 Å². The van der Waals surface area contributed by atoms with Crippen molar-refractivity contribution < 1.29 is 14.3 Å². The summed E-state index contributed by atoms with van der Waals surface area (Å²) in [5, 5.41) is 3.73. The Balaban J connectivity index is 1.94. The molecule has 1 saturated carbocycles. The van der Waals surface area contributed by atoms with Crippen molar-refractivity contribution in [3.8, 4) is 0 Å². The predicted molar refractivity (Wildman–Crippen MR) is 89.8 cm³/mol. The lowest BCUT2D eigenvalue weighted by atomic mass is 9.83. The van der Waals surface area contributed by atoms with Crippen molar-refractivity contribution in [2.45, 2.75) is 69.9 Å². The topological polar surface area (TPSA) is 55.4 Å². The van der Waals surface area contributed by atoms with E-state index >= 15 is 0 Å². The monoisotopic (exact) mass is 371 g/mol. The Bertz CT molecular complexity index is 405. The zero-order valence-corrected chi connectivity index (χ0v) is 14.6. The molecule has 1 N–H and O–H groups in total. The molecular formula is C17H26BrNO3. The summed E-state index contributed by atoms with van der Waals surface area (Å²) in [5.41, 5.74) is 0. The van der Waals surface area contributed by atoms with Crippen LogP contribution >= 0.6 is 15.9 Å². The van der Waals surface area contributed by atoms with Crippen molar-refractivity contribution in [1.82, 2.24) is 5.32 Å². The van der Waals surface area contributed by atoms with Crippen LogP contribution in [0.1, 0.15) is 57.8 Å². The van der Waals surface area contributed by atoms with Crippen LogP contribution in [0.25, 0.3) is 0 Å². The van der Waals surface area contributed by atoms with E-state index in [2.05, 4.69) is 21.2 Å². The van der Waals surface area contributed by atoms with Gasteiger partial charge in [0.1, 0.15) is 12.1 Å². The number of halogens is 1. The van der Waals surface area contributed by atoms with E-state index in [-0.39, 0.29) is 23.9 Å². The molecule has 22 heavy (non-hydrogen) atoms. The molecule has 2 rings (SSSR count). The Morgan fingerprint density at radius 1 is 1.23 bits per heavy atom. The molecule has 0 aliphatic heterocycles. The molecule has 0 aromatic rings. The van der Waals surface area contributed by atoms with E-state index in [0.717, 1.165) is 50.3 Å². The highest BCUT2D eigenvalue weighted by atomic mass is 79.9. The first-order valence-electron chi connectivity index (χ1n) is 8.43. The molecule has 0 bridgehead atoms. The van der Waals surface area contributed by atoms with Gasteiger partial charge in [-0.05, 0) is 44.1 Å². The largest absolute Gasteiger partial charge is 0.457 e. The van der Waals surface area contributed by atoms with Gasteiger partial charge in [0.15, 0.2) is 0 Å². The summed E-state index contributed by atoms with van der Waals surface area (Å²) in [4.78, 5) is 24.6. The summed E-state index contributed by atoms with van der Waals surface area (Å²) in [6, 6.07) is -0.475. The van der Waals surface area contributed by atoms with Crippen molar-refractivity contribution >= 4 is 27.8 Å². The second-order valence-electron chi connectivity index (χ2n) is 6.22. The average molecular weight is 372 g/mol. The molecule has 5 heteroatoms. The summed E-state index contributed by atoms with van der Waals surface area (Å²) >= 11 is 3.33. The molecule has 1 fully saturated rings. The minimum Gasteiger partial charge on any atom is -0.457 e. The van der Waals surface area contributed by atoms with Gasteiger partial charge in [0.25, 0.3) is 0 Å². The Hall–Kier alpha value is -0.840. The first-order valence-corrected chi connectivity index (χ1v) is 9.55. The standard InChI is InChI=1S/C17H26BrNO3/c18-12-6-11-15(20)19-16(13-7-2-1-3-8-13)17(21)22-14-9-4-5-10-14/h4,9,13-14,16H,1-3,5-8,10-12H2,(H,19,20)/t14?,16-/m1/s1. The maximum atomic E-state index is 12.5. The van der Waals surface area contributed by atoms with Gasteiger partial charge in [0.05, 0.1) is 0 Å². The van der Waals surface area contributed by atoms with E-state index in [0.29, 0.717) is 6.42 Å². The molecule has 1 amide bonds. The number of esters is 1. The number of allylic oxidation sites excluding steroid dienone is 1. The second kappa shape index (κ2) is 9.33. The van der Waals surface area contributed by atoms with E-state index in [1.165, 1.54) is 6.42 Å². The average Bonchev–Trinajstić information content (AvgIpc) is 3.04. The van der Waals surface area contributed by atoms with Gasteiger partial charge in [-0.2, -0.15) is 0 Å². The molecule has 0 aromatic heterocycles. The van der Waals surface area contributed by atoms with Gasteiger partial charge in [-0.1, -0.05) is 41.3 Å². The molecule has 2 aliphatic carbocycles. The van der Waals surface area contributed by atoms with Crippen molar-refractivity contribution in [1.29, 1.82) is 0 Å². The normalized spacial score (nSPS) is 23.2. The van der Waals surface area contributed by atoms with Crippen LogP contribution < -0.4 is 5.32 Å². The van der Waals surface area contributed by atoms with Crippen LogP contribution in [0.4, 0.5) is 0 Å². The van der Waals surface area contributed by atoms with Gasteiger partial charge in [-0.3, -0.25) is 4.79 Å². The number of rotatable bonds is 7. The van der Waals surface area contributed by atoms with Crippen LogP contribution in [0.15, 0.2) is 12.2 Å². The zero-order valence-electron chi connectivity index (χ0n) is 13.1. The maximum absolute atomic E-state index is 12.5. The van der Waals surface area contributed by atoms with Gasteiger partial charge < -0.3 is 10.1 Å². The Kier molecular flexibility index (Phi) is 7.43. The number of hydrogen-bond acceptors (Lipinski definition) is 3. The van der Waals surface area contributed by atoms with Gasteiger partial charge in [-0.25, -0.2) is 4.79 Å². The number of carbonyl (C=O) groups excluding carboxylic acids is 2. The first kappa shape index (κ1) is 17.5. The lowest BCUT2D eigenvalue weighted by molar-refractivity contribution is -0.153. The van der Waals surface area contributed by atoms with Gasteiger partial charge in [0, 0.05) is 11.8 Å². The SMILES string of the molecule is O=C(CCCBr)N[C@@H](C(=O)OC1C=CCC1)C1CCCCC1. The summed E-state index contributed by atoms with van der Waals surface area (Å²) in [6.45, 7) is 0. The third kappa shape index (κ3) is 5.41. The number of carbonyl (C=O) groups is 2. The highest BCUT2D eigenvalue weighted by Crippen LogP contribution is 2.28. The van der Waals surface area contributed by atoms with Crippen LogP contribution in [0.5, 0.6) is 0 Å². The predicted octanol–water partition coefficient (Wildman–Crippen LogP) is 3.49. The molecular weight excluding hydrogens is 346 g/mol. The van der Waals surface area contributed by atoms with Crippen LogP contribution in [-0.2, 0) is 14.3 Å². The van der Waals surface area contributed by atoms with Gasteiger partial charge in [-0.15, -0.1) is 0 Å². The van der Waals surface area contributed by atoms with Crippen LogP contribution in [0, 0.1) is 5.92 Å². The lowest BCUT2D eigenvalue weighted by Crippen LogP contribution is -2.48. The Labute approximate surface area is 141 Å². The van der Waals surface area contributed by atoms with Crippen molar-refractivity contribution in [3.63, 3.8) is 0 Å². The van der Waals surface area contributed by atoms with Crippen LogP contribution in [0.2, 0.25) is 0 Å². The van der Waals surface area contributed by atoms with Crippen LogP contribution in [0.3, 0.4) is 0 Å². The van der Waals surface area contributed by atoms with E-state index < -0.39 is 6.04 Å². The fraction of sp³-hybridized carbons (Fsp3) is 0.765. The molecule has 0 aromatic carbocycles. The smallest absolute Gasteiger partial charge is 0.329 e. The number of ether oxygens (including phenoxy) is 1. The number of nitrogens with one attached hydrogen (secondary N) is 1. The molecule has 2 atom stereocenters. The van der Waals surface area contributed by atoms with E-state index in [4.69, 9.17) is 4.74 Å². The zero-order chi connectivity index (χ0) is 15.8. The third-order valence-electron chi connectivity index (χ3n) is 4.47. The minimum absolute atomic E-state index is 0.0473.